The Morgan fingerprint density at radius 3 is 1.94 bits per heavy atom. The third kappa shape index (κ3) is 3.55. The summed E-state index contributed by atoms with van der Waals surface area (Å²) in [5.41, 5.74) is 3.39. The highest BCUT2D eigenvalue weighted by Gasteiger charge is 2.21. The van der Waals surface area contributed by atoms with Crippen LogP contribution in [0.4, 0.5) is 0 Å². The Bertz CT molecular complexity index is 3500. The minimum absolute atomic E-state index is 0.198. The van der Waals surface area contributed by atoms with Gasteiger partial charge in [-0.2, -0.15) is 0 Å². The molecule has 0 fully saturated rings. The molecule has 2 aromatic heterocycles. The summed E-state index contributed by atoms with van der Waals surface area (Å²) in [6.45, 7) is 0. The maximum Gasteiger partial charge on any atom is 0.136 e. The molecule has 0 N–H and O–H groups in total. The van der Waals surface area contributed by atoms with E-state index < -0.39 is 24.2 Å². The van der Waals surface area contributed by atoms with Crippen molar-refractivity contribution in [2.24, 2.45) is 0 Å². The smallest absolute Gasteiger partial charge is 0.136 e. The van der Waals surface area contributed by atoms with Gasteiger partial charge in [-0.05, 0) is 95.7 Å². The molecule has 2 heterocycles. The van der Waals surface area contributed by atoms with Crippen molar-refractivity contribution in [2.75, 3.05) is 0 Å². The molecule has 2 heteroatoms. The third-order valence-corrected chi connectivity index (χ3v) is 10.9. The molecule has 0 aliphatic carbocycles. The van der Waals surface area contributed by atoms with Crippen molar-refractivity contribution in [2.45, 2.75) is 0 Å². The normalized spacial score (nSPS) is 14.5. The zero-order valence-corrected chi connectivity index (χ0v) is 26.0. The lowest BCUT2D eigenvalue weighted by molar-refractivity contribution is 0.669. The molecule has 11 aromatic rings. The summed E-state index contributed by atoms with van der Waals surface area (Å²) in [6.07, 6.45) is 0. The van der Waals surface area contributed by atoms with Gasteiger partial charge in [0, 0.05) is 30.9 Å². The summed E-state index contributed by atoms with van der Waals surface area (Å²) in [5.74, 6) is 0. The van der Waals surface area contributed by atoms with E-state index in [1.807, 2.05) is 103 Å². The second-order valence-electron chi connectivity index (χ2n) is 12.2. The maximum absolute atomic E-state index is 9.51. The van der Waals surface area contributed by atoms with E-state index in [1.54, 1.807) is 11.3 Å². The summed E-state index contributed by atoms with van der Waals surface area (Å²) in [6, 6.07) is 32.8. The van der Waals surface area contributed by atoms with E-state index >= 15 is 0 Å². The molecule has 222 valence electrons. The van der Waals surface area contributed by atoms with Gasteiger partial charge in [0.05, 0.1) is 11.0 Å². The number of thiophene rings is 1. The topological polar surface area (TPSA) is 13.1 Å². The average Bonchev–Trinajstić information content (AvgIpc) is 3.80. The molecule has 0 bridgehead atoms. The van der Waals surface area contributed by atoms with Crippen LogP contribution in [0.2, 0.25) is 0 Å². The fourth-order valence-electron chi connectivity index (χ4n) is 7.65. The molecular formula is C46H26OS. The Labute approximate surface area is 291 Å². The van der Waals surface area contributed by atoms with E-state index in [0.717, 1.165) is 63.7 Å². The first-order valence-electron chi connectivity index (χ1n) is 19.8. The number of fused-ring (bicyclic) bond motifs is 12. The van der Waals surface area contributed by atoms with E-state index in [9.17, 15) is 5.48 Å². The van der Waals surface area contributed by atoms with Gasteiger partial charge in [0.25, 0.3) is 0 Å². The summed E-state index contributed by atoms with van der Waals surface area (Å²) in [4.78, 5) is 0. The maximum atomic E-state index is 9.51. The molecule has 0 aliphatic heterocycles. The number of hydrogen-bond acceptors (Lipinski definition) is 2. The van der Waals surface area contributed by atoms with Gasteiger partial charge in [-0.1, -0.05) is 127 Å². The highest BCUT2D eigenvalue weighted by Crippen LogP contribution is 2.50. The van der Waals surface area contributed by atoms with Crippen LogP contribution in [0.1, 0.15) is 11.0 Å². The molecule has 9 aromatic carbocycles. The van der Waals surface area contributed by atoms with Crippen LogP contribution in [0.15, 0.2) is 162 Å². The standard InChI is InChI=1S/C46H26OS/c1-2-11-30-27(10-1)20-21-28-26-29(22-23-31(28)30)42-32-12-3-5-14-34(32)43(35-15-6-4-13-33(35)42)37-17-9-19-41-44(37)38-24-25-40-45(46(38)48-41)36-16-7-8-18-39(36)47-40/h1-26H/i3D,4D,5D,6D,12D,13D,14D,15D. The van der Waals surface area contributed by atoms with Crippen molar-refractivity contribution in [1.29, 1.82) is 0 Å². The fraction of sp³-hybridized carbons (Fsp3) is 0. The summed E-state index contributed by atoms with van der Waals surface area (Å²) < 4.78 is 81.7. The summed E-state index contributed by atoms with van der Waals surface area (Å²) in [5, 5.41) is 8.50. The molecule has 0 aliphatic rings. The second-order valence-corrected chi connectivity index (χ2v) is 13.2. The number of hydrogen-bond donors (Lipinski definition) is 0. The van der Waals surface area contributed by atoms with Crippen LogP contribution < -0.4 is 0 Å². The Balaban J connectivity index is 1.36. The first-order valence-corrected chi connectivity index (χ1v) is 16.6. The van der Waals surface area contributed by atoms with E-state index in [4.69, 9.17) is 9.90 Å². The number of para-hydroxylation sites is 1. The van der Waals surface area contributed by atoms with Gasteiger partial charge < -0.3 is 4.42 Å². The highest BCUT2D eigenvalue weighted by atomic mass is 32.1. The van der Waals surface area contributed by atoms with Crippen molar-refractivity contribution in [1.82, 2.24) is 0 Å². The van der Waals surface area contributed by atoms with Crippen molar-refractivity contribution < 1.29 is 15.4 Å². The van der Waals surface area contributed by atoms with Gasteiger partial charge in [-0.25, -0.2) is 0 Å². The monoisotopic (exact) mass is 634 g/mol. The van der Waals surface area contributed by atoms with Crippen LogP contribution in [0.5, 0.6) is 0 Å². The third-order valence-electron chi connectivity index (χ3n) is 9.68. The molecule has 0 amide bonds. The Kier molecular flexibility index (Phi) is 4.00. The van der Waals surface area contributed by atoms with Crippen LogP contribution in [-0.4, -0.2) is 0 Å². The Morgan fingerprint density at radius 2 is 1.12 bits per heavy atom. The number of furan rings is 1. The average molecular weight is 635 g/mol. The van der Waals surface area contributed by atoms with Gasteiger partial charge in [0.1, 0.15) is 11.2 Å². The first kappa shape index (κ1) is 19.6. The van der Waals surface area contributed by atoms with Crippen LogP contribution in [0.25, 0.3) is 107 Å². The molecule has 0 saturated heterocycles. The van der Waals surface area contributed by atoms with E-state index in [-0.39, 0.29) is 45.7 Å². The van der Waals surface area contributed by atoms with E-state index in [0.29, 0.717) is 22.3 Å². The molecule has 0 atom stereocenters. The van der Waals surface area contributed by atoms with Crippen LogP contribution in [0.3, 0.4) is 0 Å². The van der Waals surface area contributed by atoms with E-state index in [1.165, 1.54) is 0 Å². The molecule has 48 heavy (non-hydrogen) atoms. The zero-order valence-electron chi connectivity index (χ0n) is 33.2. The fourth-order valence-corrected chi connectivity index (χ4v) is 8.93. The number of benzene rings is 9. The second kappa shape index (κ2) is 9.78. The molecule has 1 nitrogen and oxygen atoms in total. The Hall–Kier alpha value is -5.96. The predicted molar refractivity (Wildman–Crippen MR) is 208 cm³/mol. The van der Waals surface area contributed by atoms with Gasteiger partial charge in [-0.15, -0.1) is 11.3 Å². The van der Waals surface area contributed by atoms with Crippen molar-refractivity contribution in [3.63, 3.8) is 0 Å². The Morgan fingerprint density at radius 1 is 0.458 bits per heavy atom. The molecular weight excluding hydrogens is 601 g/mol. The van der Waals surface area contributed by atoms with Gasteiger partial charge in [0.2, 0.25) is 0 Å². The van der Waals surface area contributed by atoms with Crippen LogP contribution in [-0.2, 0) is 0 Å². The van der Waals surface area contributed by atoms with Crippen molar-refractivity contribution in [3.05, 3.63) is 158 Å². The molecule has 0 saturated carbocycles. The molecule has 0 unspecified atom stereocenters. The van der Waals surface area contributed by atoms with E-state index in [2.05, 4.69) is 6.07 Å². The predicted octanol–water partition coefficient (Wildman–Crippen LogP) is 13.9. The minimum atomic E-state index is -0.422. The lowest BCUT2D eigenvalue weighted by atomic mass is 9.84. The first-order chi connectivity index (χ1) is 27.1. The molecule has 0 radical (unpaired) electrons. The van der Waals surface area contributed by atoms with Gasteiger partial charge in [-0.3, -0.25) is 0 Å². The highest BCUT2D eigenvalue weighted by molar-refractivity contribution is 7.27. The van der Waals surface area contributed by atoms with Crippen molar-refractivity contribution >= 4 is 96.5 Å². The van der Waals surface area contributed by atoms with Crippen LogP contribution in [0, 0.1) is 0 Å². The largest absolute Gasteiger partial charge is 0.456 e. The van der Waals surface area contributed by atoms with Crippen LogP contribution >= 0.6 is 11.3 Å². The van der Waals surface area contributed by atoms with Gasteiger partial charge >= 0.3 is 0 Å². The number of rotatable bonds is 2. The SMILES string of the molecule is [2H]c1c([2H])c([2H])c2c(-c3cccc4sc5c(ccc6oc7ccccc7c65)c34)c3c([2H])c([2H])c([2H])c([2H])c3c(-c3ccc4c(ccc5ccccc54)c3)c2c1[2H]. The zero-order chi connectivity index (χ0) is 38.3. The summed E-state index contributed by atoms with van der Waals surface area (Å²) >= 11 is 1.60. The lowest BCUT2D eigenvalue weighted by Crippen LogP contribution is -1.91. The summed E-state index contributed by atoms with van der Waals surface area (Å²) in [7, 11) is 0. The quantitative estimate of drug-likeness (QED) is 0.136. The van der Waals surface area contributed by atoms with Gasteiger partial charge in [0.15, 0.2) is 0 Å². The minimum Gasteiger partial charge on any atom is -0.456 e. The lowest BCUT2D eigenvalue weighted by Gasteiger charge is -2.19. The molecule has 0 spiro atoms. The molecule has 11 rings (SSSR count). The van der Waals surface area contributed by atoms with Crippen molar-refractivity contribution in [3.8, 4) is 22.3 Å².